The molecule has 23 heavy (non-hydrogen) atoms. The summed E-state index contributed by atoms with van der Waals surface area (Å²) in [5.74, 6) is -0.716. The molecular weight excluding hydrogens is 314 g/mol. The number of benzene rings is 2. The second kappa shape index (κ2) is 8.10. The summed E-state index contributed by atoms with van der Waals surface area (Å²) >= 11 is 5.84. The third-order valence-corrected chi connectivity index (χ3v) is 3.18. The Bertz CT molecular complexity index is 744. The summed E-state index contributed by atoms with van der Waals surface area (Å²) in [6.07, 6.45) is 1.48. The summed E-state index contributed by atoms with van der Waals surface area (Å²) in [5.41, 5.74) is 4.60. The largest absolute Gasteiger partial charge is 0.343 e. The van der Waals surface area contributed by atoms with Crippen LogP contribution in [0.15, 0.2) is 53.6 Å². The average Bonchev–Trinajstić information content (AvgIpc) is 2.52. The van der Waals surface area contributed by atoms with Gasteiger partial charge in [-0.3, -0.25) is 9.59 Å². The van der Waals surface area contributed by atoms with E-state index in [-0.39, 0.29) is 12.5 Å². The van der Waals surface area contributed by atoms with E-state index < -0.39 is 5.91 Å². The molecule has 0 unspecified atom stereocenters. The van der Waals surface area contributed by atoms with E-state index in [2.05, 4.69) is 15.8 Å². The fraction of sp³-hybridized carbons (Fsp3) is 0.118. The van der Waals surface area contributed by atoms with E-state index in [9.17, 15) is 9.59 Å². The zero-order valence-corrected chi connectivity index (χ0v) is 13.3. The zero-order valence-electron chi connectivity index (χ0n) is 12.5. The van der Waals surface area contributed by atoms with Crippen LogP contribution in [-0.2, 0) is 4.79 Å². The van der Waals surface area contributed by atoms with Crippen molar-refractivity contribution < 1.29 is 9.59 Å². The van der Waals surface area contributed by atoms with Crippen molar-refractivity contribution in [3.63, 3.8) is 0 Å². The molecule has 0 aliphatic carbocycles. The summed E-state index contributed by atoms with van der Waals surface area (Å²) in [7, 11) is 0. The predicted molar refractivity (Wildman–Crippen MR) is 90.7 cm³/mol. The lowest BCUT2D eigenvalue weighted by molar-refractivity contribution is -0.120. The normalized spacial score (nSPS) is 10.5. The molecule has 6 heteroatoms. The van der Waals surface area contributed by atoms with E-state index in [0.29, 0.717) is 10.6 Å². The number of nitrogens with zero attached hydrogens (tertiary/aromatic N) is 1. The van der Waals surface area contributed by atoms with Gasteiger partial charge in [0.05, 0.1) is 12.8 Å². The number of carbonyl (C=O) groups is 2. The van der Waals surface area contributed by atoms with Crippen LogP contribution in [0.25, 0.3) is 0 Å². The lowest BCUT2D eigenvalue weighted by Crippen LogP contribution is -2.34. The zero-order chi connectivity index (χ0) is 16.7. The van der Waals surface area contributed by atoms with Crippen molar-refractivity contribution in [2.75, 3.05) is 6.54 Å². The fourth-order valence-electron chi connectivity index (χ4n) is 1.85. The van der Waals surface area contributed by atoms with E-state index in [0.717, 1.165) is 11.1 Å². The third-order valence-electron chi connectivity index (χ3n) is 2.94. The molecule has 2 amide bonds. The van der Waals surface area contributed by atoms with Crippen LogP contribution in [0.2, 0.25) is 5.02 Å². The maximum atomic E-state index is 11.9. The quantitative estimate of drug-likeness (QED) is 0.653. The Kier molecular flexibility index (Phi) is 5.88. The molecule has 0 saturated carbocycles. The number of aryl methyl sites for hydroxylation is 1. The van der Waals surface area contributed by atoms with Gasteiger partial charge in [0.25, 0.3) is 11.8 Å². The highest BCUT2D eigenvalue weighted by Crippen LogP contribution is 2.08. The molecule has 2 N–H and O–H groups in total. The maximum Gasteiger partial charge on any atom is 0.259 e. The average molecular weight is 330 g/mol. The number of hydrogen-bond acceptors (Lipinski definition) is 3. The Hall–Kier alpha value is -2.66. The Morgan fingerprint density at radius 1 is 1.17 bits per heavy atom. The van der Waals surface area contributed by atoms with Gasteiger partial charge in [-0.15, -0.1) is 0 Å². The Labute approximate surface area is 139 Å². The van der Waals surface area contributed by atoms with Gasteiger partial charge < -0.3 is 5.32 Å². The number of hydrazone groups is 1. The van der Waals surface area contributed by atoms with Gasteiger partial charge in [0.2, 0.25) is 0 Å². The highest BCUT2D eigenvalue weighted by molar-refractivity contribution is 6.30. The van der Waals surface area contributed by atoms with E-state index in [1.165, 1.54) is 6.21 Å². The molecule has 2 aromatic carbocycles. The first-order valence-corrected chi connectivity index (χ1v) is 7.35. The first-order chi connectivity index (χ1) is 11.0. The van der Waals surface area contributed by atoms with Crippen molar-refractivity contribution in [3.8, 4) is 0 Å². The van der Waals surface area contributed by atoms with Crippen molar-refractivity contribution in [2.45, 2.75) is 6.92 Å². The molecule has 0 aliphatic heterocycles. The standard InChI is InChI=1S/C17H16ClN3O2/c1-12-4-2-6-14(8-12)17(23)19-11-16(22)21-20-10-13-5-3-7-15(18)9-13/h2-10H,11H2,1H3,(H,19,23)(H,21,22)/b20-10-. The topological polar surface area (TPSA) is 70.6 Å². The SMILES string of the molecule is Cc1cccc(C(=O)NCC(=O)N/N=C\c2cccc(Cl)c2)c1. The predicted octanol–water partition coefficient (Wildman–Crippen LogP) is 2.53. The van der Waals surface area contributed by atoms with Gasteiger partial charge in [-0.2, -0.15) is 5.10 Å². The molecule has 0 radical (unpaired) electrons. The van der Waals surface area contributed by atoms with Gasteiger partial charge in [0, 0.05) is 10.6 Å². The molecule has 2 rings (SSSR count). The fourth-order valence-corrected chi connectivity index (χ4v) is 2.05. The summed E-state index contributed by atoms with van der Waals surface area (Å²) in [6, 6.07) is 14.2. The second-order valence-corrected chi connectivity index (χ2v) is 5.34. The third kappa shape index (κ3) is 5.56. The molecular formula is C17H16ClN3O2. The van der Waals surface area contributed by atoms with Crippen LogP contribution in [0.3, 0.4) is 0 Å². The number of carbonyl (C=O) groups excluding carboxylic acids is 2. The van der Waals surface area contributed by atoms with Gasteiger partial charge >= 0.3 is 0 Å². The van der Waals surface area contributed by atoms with Crippen LogP contribution in [0, 0.1) is 6.92 Å². The van der Waals surface area contributed by atoms with E-state index >= 15 is 0 Å². The minimum atomic E-state index is -0.413. The molecule has 0 bridgehead atoms. The molecule has 118 valence electrons. The minimum Gasteiger partial charge on any atom is -0.343 e. The summed E-state index contributed by atoms with van der Waals surface area (Å²) in [6.45, 7) is 1.74. The molecule has 0 fully saturated rings. The molecule has 0 spiro atoms. The number of nitrogens with one attached hydrogen (secondary N) is 2. The molecule has 2 aromatic rings. The smallest absolute Gasteiger partial charge is 0.259 e. The molecule has 0 heterocycles. The molecule has 0 atom stereocenters. The first-order valence-electron chi connectivity index (χ1n) is 6.97. The molecule has 5 nitrogen and oxygen atoms in total. The van der Waals surface area contributed by atoms with Crippen molar-refractivity contribution >= 4 is 29.6 Å². The number of rotatable bonds is 5. The van der Waals surface area contributed by atoms with Crippen LogP contribution < -0.4 is 10.7 Å². The van der Waals surface area contributed by atoms with Crippen LogP contribution in [0.5, 0.6) is 0 Å². The summed E-state index contributed by atoms with van der Waals surface area (Å²) in [5, 5.41) is 6.94. The lowest BCUT2D eigenvalue weighted by Gasteiger charge is -2.05. The molecule has 0 saturated heterocycles. The Morgan fingerprint density at radius 2 is 1.96 bits per heavy atom. The Balaban J connectivity index is 1.80. The highest BCUT2D eigenvalue weighted by Gasteiger charge is 2.07. The van der Waals surface area contributed by atoms with Crippen molar-refractivity contribution in [3.05, 3.63) is 70.2 Å². The van der Waals surface area contributed by atoms with Crippen LogP contribution in [-0.4, -0.2) is 24.6 Å². The van der Waals surface area contributed by atoms with Crippen LogP contribution in [0.4, 0.5) is 0 Å². The van der Waals surface area contributed by atoms with Crippen LogP contribution in [0.1, 0.15) is 21.5 Å². The van der Waals surface area contributed by atoms with Gasteiger partial charge in [0.1, 0.15) is 0 Å². The monoisotopic (exact) mass is 329 g/mol. The number of amides is 2. The maximum absolute atomic E-state index is 11.9. The highest BCUT2D eigenvalue weighted by atomic mass is 35.5. The van der Waals surface area contributed by atoms with Gasteiger partial charge in [-0.25, -0.2) is 5.43 Å². The number of hydrogen-bond donors (Lipinski definition) is 2. The first kappa shape index (κ1) is 16.7. The Morgan fingerprint density at radius 3 is 2.70 bits per heavy atom. The van der Waals surface area contributed by atoms with E-state index in [4.69, 9.17) is 11.6 Å². The molecule has 0 aromatic heterocycles. The lowest BCUT2D eigenvalue weighted by atomic mass is 10.1. The van der Waals surface area contributed by atoms with Crippen molar-refractivity contribution in [2.24, 2.45) is 5.10 Å². The van der Waals surface area contributed by atoms with Gasteiger partial charge in [-0.1, -0.05) is 41.4 Å². The summed E-state index contributed by atoms with van der Waals surface area (Å²) in [4.78, 5) is 23.5. The van der Waals surface area contributed by atoms with E-state index in [1.54, 1.807) is 42.5 Å². The van der Waals surface area contributed by atoms with Gasteiger partial charge in [-0.05, 0) is 36.8 Å². The van der Waals surface area contributed by atoms with Crippen molar-refractivity contribution in [1.29, 1.82) is 0 Å². The second-order valence-electron chi connectivity index (χ2n) is 4.90. The summed E-state index contributed by atoms with van der Waals surface area (Å²) < 4.78 is 0. The van der Waals surface area contributed by atoms with Crippen LogP contribution >= 0.6 is 11.6 Å². The van der Waals surface area contributed by atoms with Gasteiger partial charge in [0.15, 0.2) is 0 Å². The molecule has 0 aliphatic rings. The minimum absolute atomic E-state index is 0.153. The van der Waals surface area contributed by atoms with Crippen molar-refractivity contribution in [1.82, 2.24) is 10.7 Å². The number of halogens is 1. The van der Waals surface area contributed by atoms with E-state index in [1.807, 2.05) is 13.0 Å².